The maximum Gasteiger partial charge on any atom is 0.294 e. The molecule has 0 aromatic heterocycles. The predicted molar refractivity (Wildman–Crippen MR) is 55.6 cm³/mol. The lowest BCUT2D eigenvalue weighted by Gasteiger charge is -2.01. The van der Waals surface area contributed by atoms with Crippen molar-refractivity contribution >= 4 is 15.7 Å². The van der Waals surface area contributed by atoms with Gasteiger partial charge in [-0.1, -0.05) is 18.2 Å². The second kappa shape index (κ2) is 3.94. The van der Waals surface area contributed by atoms with E-state index in [-0.39, 0.29) is 4.90 Å². The Hall–Kier alpha value is -1.13. The zero-order valence-electron chi connectivity index (χ0n) is 8.06. The molecule has 0 aliphatic heterocycles. The Kier molecular flexibility index (Phi) is 3.08. The third kappa shape index (κ3) is 2.43. The average Bonchev–Trinajstić information content (AvgIpc) is 2.15. The van der Waals surface area contributed by atoms with Crippen LogP contribution in [0.3, 0.4) is 0 Å². The summed E-state index contributed by atoms with van der Waals surface area (Å²) in [6, 6.07) is 6.10. The molecule has 0 unspecified atom stereocenters. The second-order valence-electron chi connectivity index (χ2n) is 2.97. The highest BCUT2D eigenvalue weighted by Crippen LogP contribution is 2.16. The molecule has 1 rings (SSSR count). The molecule has 1 N–H and O–H groups in total. The minimum Gasteiger partial charge on any atom is -0.282 e. The van der Waals surface area contributed by atoms with Gasteiger partial charge in [-0.25, -0.2) is 0 Å². The molecule has 0 fully saturated rings. The van der Waals surface area contributed by atoms with Gasteiger partial charge in [0.2, 0.25) is 0 Å². The van der Waals surface area contributed by atoms with Crippen LogP contribution in [0.5, 0.6) is 0 Å². The monoisotopic (exact) mass is 212 g/mol. The first-order chi connectivity index (χ1) is 6.45. The van der Waals surface area contributed by atoms with Gasteiger partial charge in [0.1, 0.15) is 0 Å². The summed E-state index contributed by atoms with van der Waals surface area (Å²) in [4.78, 5) is -0.0786. The molecular weight excluding hydrogens is 200 g/mol. The molecule has 4 heteroatoms. The van der Waals surface area contributed by atoms with Crippen molar-refractivity contribution in [2.75, 3.05) is 0 Å². The summed E-state index contributed by atoms with van der Waals surface area (Å²) in [7, 11) is -4.07. The first-order valence-electron chi connectivity index (χ1n) is 4.16. The molecule has 3 nitrogen and oxygen atoms in total. The van der Waals surface area contributed by atoms with Gasteiger partial charge in [-0.05, 0) is 37.1 Å². The minimum absolute atomic E-state index is 0.0786. The number of hydrogen-bond donors (Lipinski definition) is 1. The Morgan fingerprint density at radius 2 is 1.79 bits per heavy atom. The number of rotatable bonds is 2. The molecule has 76 valence electrons. The van der Waals surface area contributed by atoms with Gasteiger partial charge in [0.05, 0.1) is 4.90 Å². The second-order valence-corrected chi connectivity index (χ2v) is 4.39. The Bertz CT molecular complexity index is 441. The van der Waals surface area contributed by atoms with Crippen LogP contribution in [0.25, 0.3) is 5.57 Å². The van der Waals surface area contributed by atoms with Crippen LogP contribution in [-0.4, -0.2) is 13.0 Å². The third-order valence-corrected chi connectivity index (χ3v) is 2.91. The van der Waals surface area contributed by atoms with Gasteiger partial charge in [0.25, 0.3) is 10.1 Å². The van der Waals surface area contributed by atoms with Crippen LogP contribution < -0.4 is 0 Å². The van der Waals surface area contributed by atoms with E-state index in [0.717, 1.165) is 11.1 Å². The van der Waals surface area contributed by atoms with Crippen molar-refractivity contribution in [1.29, 1.82) is 0 Å². The van der Waals surface area contributed by atoms with E-state index in [2.05, 4.69) is 0 Å². The molecule has 0 heterocycles. The van der Waals surface area contributed by atoms with E-state index in [9.17, 15) is 8.42 Å². The Labute approximate surface area is 83.8 Å². The summed E-state index contributed by atoms with van der Waals surface area (Å²) in [6.45, 7) is 3.84. The third-order valence-electron chi connectivity index (χ3n) is 2.04. The van der Waals surface area contributed by atoms with Crippen molar-refractivity contribution in [2.45, 2.75) is 18.7 Å². The molecule has 1 aromatic carbocycles. The van der Waals surface area contributed by atoms with Crippen molar-refractivity contribution < 1.29 is 13.0 Å². The molecule has 0 spiro atoms. The molecule has 0 radical (unpaired) electrons. The van der Waals surface area contributed by atoms with Gasteiger partial charge in [0, 0.05) is 0 Å². The number of allylic oxidation sites excluding steroid dienone is 2. The Morgan fingerprint density at radius 1 is 1.29 bits per heavy atom. The van der Waals surface area contributed by atoms with Crippen molar-refractivity contribution in [2.24, 2.45) is 0 Å². The first-order valence-corrected chi connectivity index (χ1v) is 5.60. The molecule has 1 aromatic rings. The lowest BCUT2D eigenvalue weighted by atomic mass is 10.1. The van der Waals surface area contributed by atoms with Crippen LogP contribution >= 0.6 is 0 Å². The van der Waals surface area contributed by atoms with Crippen LogP contribution in [0.15, 0.2) is 35.2 Å². The maximum absolute atomic E-state index is 10.7. The molecule has 14 heavy (non-hydrogen) atoms. The molecule has 0 saturated heterocycles. The largest absolute Gasteiger partial charge is 0.294 e. The van der Waals surface area contributed by atoms with Gasteiger partial charge in [0.15, 0.2) is 0 Å². The van der Waals surface area contributed by atoms with Gasteiger partial charge in [-0.15, -0.1) is 0 Å². The molecule has 0 amide bonds. The topological polar surface area (TPSA) is 54.4 Å². The smallest absolute Gasteiger partial charge is 0.282 e. The predicted octanol–water partition coefficient (Wildman–Crippen LogP) is 2.36. The van der Waals surface area contributed by atoms with Crippen molar-refractivity contribution in [3.8, 4) is 0 Å². The highest BCUT2D eigenvalue weighted by Gasteiger charge is 2.08. The molecule has 0 aliphatic carbocycles. The highest BCUT2D eigenvalue weighted by atomic mass is 32.2. The fraction of sp³-hybridized carbons (Fsp3) is 0.200. The SMILES string of the molecule is CC=C(C)c1ccc(S(=O)(=O)O)cc1. The zero-order valence-corrected chi connectivity index (χ0v) is 8.88. The standard InChI is InChI=1S/C10H12O3S/c1-3-8(2)9-4-6-10(7-5-9)14(11,12)13/h3-7H,1-2H3,(H,11,12,13). The summed E-state index contributed by atoms with van der Waals surface area (Å²) < 4.78 is 30.2. The van der Waals surface area contributed by atoms with Crippen LogP contribution in [0.4, 0.5) is 0 Å². The maximum atomic E-state index is 10.7. The van der Waals surface area contributed by atoms with E-state index in [0.29, 0.717) is 0 Å². The summed E-state index contributed by atoms with van der Waals surface area (Å²) in [6.07, 6.45) is 1.93. The van der Waals surface area contributed by atoms with Crippen molar-refractivity contribution in [3.63, 3.8) is 0 Å². The van der Waals surface area contributed by atoms with E-state index >= 15 is 0 Å². The highest BCUT2D eigenvalue weighted by molar-refractivity contribution is 7.85. The van der Waals surface area contributed by atoms with Crippen molar-refractivity contribution in [3.05, 3.63) is 35.9 Å². The van der Waals surface area contributed by atoms with E-state index < -0.39 is 10.1 Å². The molecular formula is C10H12O3S. The van der Waals surface area contributed by atoms with Gasteiger partial charge < -0.3 is 0 Å². The number of benzene rings is 1. The Balaban J connectivity index is 3.14. The first kappa shape index (κ1) is 10.9. The van der Waals surface area contributed by atoms with Gasteiger partial charge >= 0.3 is 0 Å². The summed E-state index contributed by atoms with van der Waals surface area (Å²) in [5, 5.41) is 0. The van der Waals surface area contributed by atoms with Gasteiger partial charge in [-0.2, -0.15) is 8.42 Å². The zero-order chi connectivity index (χ0) is 10.8. The summed E-state index contributed by atoms with van der Waals surface area (Å²) >= 11 is 0. The molecule has 0 saturated carbocycles. The lowest BCUT2D eigenvalue weighted by molar-refractivity contribution is 0.483. The van der Waals surface area contributed by atoms with Crippen LogP contribution in [0, 0.1) is 0 Å². The average molecular weight is 212 g/mol. The van der Waals surface area contributed by atoms with Crippen LogP contribution in [-0.2, 0) is 10.1 Å². The minimum atomic E-state index is -4.07. The fourth-order valence-corrected chi connectivity index (χ4v) is 1.54. The van der Waals surface area contributed by atoms with Crippen LogP contribution in [0.1, 0.15) is 19.4 Å². The summed E-state index contributed by atoms with van der Waals surface area (Å²) in [5.41, 5.74) is 2.01. The fourth-order valence-electron chi connectivity index (χ4n) is 1.06. The van der Waals surface area contributed by atoms with E-state index in [1.165, 1.54) is 12.1 Å². The lowest BCUT2D eigenvalue weighted by Crippen LogP contribution is -1.97. The van der Waals surface area contributed by atoms with E-state index in [1.54, 1.807) is 12.1 Å². The quantitative estimate of drug-likeness (QED) is 0.765. The number of hydrogen-bond acceptors (Lipinski definition) is 2. The van der Waals surface area contributed by atoms with Gasteiger partial charge in [-0.3, -0.25) is 4.55 Å². The molecule has 0 aliphatic rings. The summed E-state index contributed by atoms with van der Waals surface area (Å²) in [5.74, 6) is 0. The van der Waals surface area contributed by atoms with E-state index in [4.69, 9.17) is 4.55 Å². The molecule has 0 bridgehead atoms. The normalized spacial score (nSPS) is 12.9. The van der Waals surface area contributed by atoms with Crippen LogP contribution in [0.2, 0.25) is 0 Å². The van der Waals surface area contributed by atoms with E-state index in [1.807, 2.05) is 19.9 Å². The molecule has 0 atom stereocenters. The Morgan fingerprint density at radius 3 is 2.14 bits per heavy atom. The van der Waals surface area contributed by atoms with Crippen molar-refractivity contribution in [1.82, 2.24) is 0 Å².